The number of benzene rings is 1. The van der Waals surface area contributed by atoms with Gasteiger partial charge in [-0.15, -0.1) is 0 Å². The first kappa shape index (κ1) is 11.7. The summed E-state index contributed by atoms with van der Waals surface area (Å²) in [5, 5.41) is 0. The van der Waals surface area contributed by atoms with E-state index in [1.165, 1.54) is 25.1 Å². The summed E-state index contributed by atoms with van der Waals surface area (Å²) in [5.41, 5.74) is 0.459. The molecule has 0 fully saturated rings. The van der Waals surface area contributed by atoms with E-state index in [9.17, 15) is 13.2 Å². The molecule has 0 amide bonds. The first-order valence-electron chi connectivity index (χ1n) is 4.07. The molecular weight excluding hydrogens is 220 g/mol. The van der Waals surface area contributed by atoms with Gasteiger partial charge in [0.05, 0.1) is 4.90 Å². The summed E-state index contributed by atoms with van der Waals surface area (Å²) >= 11 is 0. The average Bonchev–Trinajstić information content (AvgIpc) is 2.05. The Labute approximate surface area is 87.4 Å². The Morgan fingerprint density at radius 3 is 2.40 bits per heavy atom. The van der Waals surface area contributed by atoms with Crippen molar-refractivity contribution < 1.29 is 22.5 Å². The fourth-order valence-corrected chi connectivity index (χ4v) is 1.62. The highest BCUT2D eigenvalue weighted by Crippen LogP contribution is 2.21. The molecule has 1 aromatic rings. The number of carbonyl (C=O) groups excluding carboxylic acids is 1. The molecule has 5 nitrogen and oxygen atoms in total. The summed E-state index contributed by atoms with van der Waals surface area (Å²) in [7, 11) is -4.21. The lowest BCUT2D eigenvalue weighted by Crippen LogP contribution is -2.04. The van der Waals surface area contributed by atoms with Gasteiger partial charge in [0.2, 0.25) is 0 Å². The van der Waals surface area contributed by atoms with Gasteiger partial charge in [-0.3, -0.25) is 9.35 Å². The standard InChI is InChI=1S/C9H10O5S/c1-6-5-8(15(11,12)13)3-4-9(6)14-7(2)10/h3-5H,1-2H3,(H,11,12,13). The van der Waals surface area contributed by atoms with Gasteiger partial charge in [0, 0.05) is 6.92 Å². The lowest BCUT2D eigenvalue weighted by molar-refractivity contribution is -0.131. The van der Waals surface area contributed by atoms with E-state index >= 15 is 0 Å². The zero-order valence-corrected chi connectivity index (χ0v) is 9.04. The van der Waals surface area contributed by atoms with Crippen LogP contribution >= 0.6 is 0 Å². The van der Waals surface area contributed by atoms with Crippen molar-refractivity contribution in [1.82, 2.24) is 0 Å². The van der Waals surface area contributed by atoms with Crippen LogP contribution in [0.25, 0.3) is 0 Å². The molecule has 0 unspecified atom stereocenters. The van der Waals surface area contributed by atoms with Gasteiger partial charge in [-0.1, -0.05) is 0 Å². The number of esters is 1. The molecule has 15 heavy (non-hydrogen) atoms. The van der Waals surface area contributed by atoms with E-state index < -0.39 is 16.1 Å². The van der Waals surface area contributed by atoms with Crippen molar-refractivity contribution in [3.63, 3.8) is 0 Å². The fourth-order valence-electron chi connectivity index (χ4n) is 1.05. The fraction of sp³-hybridized carbons (Fsp3) is 0.222. The van der Waals surface area contributed by atoms with Crippen molar-refractivity contribution in [1.29, 1.82) is 0 Å². The monoisotopic (exact) mass is 230 g/mol. The van der Waals surface area contributed by atoms with Gasteiger partial charge in [-0.2, -0.15) is 8.42 Å². The molecule has 1 rings (SSSR count). The molecule has 0 saturated heterocycles. The second-order valence-corrected chi connectivity index (χ2v) is 4.42. The first-order chi connectivity index (χ1) is 6.80. The number of carbonyl (C=O) groups is 1. The van der Waals surface area contributed by atoms with Crippen LogP contribution in [0.3, 0.4) is 0 Å². The van der Waals surface area contributed by atoms with E-state index in [0.29, 0.717) is 5.56 Å². The number of hydrogen-bond acceptors (Lipinski definition) is 4. The Balaban J connectivity index is 3.15. The third-order valence-electron chi connectivity index (χ3n) is 1.70. The van der Waals surface area contributed by atoms with Crippen molar-refractivity contribution in [2.75, 3.05) is 0 Å². The molecule has 82 valence electrons. The van der Waals surface area contributed by atoms with Gasteiger partial charge in [0.15, 0.2) is 0 Å². The van der Waals surface area contributed by atoms with Crippen LogP contribution < -0.4 is 4.74 Å². The second kappa shape index (κ2) is 4.00. The Morgan fingerprint density at radius 1 is 1.40 bits per heavy atom. The maximum Gasteiger partial charge on any atom is 0.308 e. The number of aryl methyl sites for hydroxylation is 1. The first-order valence-corrected chi connectivity index (χ1v) is 5.51. The van der Waals surface area contributed by atoms with Crippen molar-refractivity contribution in [2.24, 2.45) is 0 Å². The van der Waals surface area contributed by atoms with Crippen LogP contribution in [0.1, 0.15) is 12.5 Å². The van der Waals surface area contributed by atoms with E-state index in [1.54, 1.807) is 6.92 Å². The predicted molar refractivity (Wildman–Crippen MR) is 52.3 cm³/mol. The zero-order chi connectivity index (χ0) is 11.6. The minimum absolute atomic E-state index is 0.226. The molecule has 0 saturated carbocycles. The number of ether oxygens (including phenoxy) is 1. The van der Waals surface area contributed by atoms with Gasteiger partial charge in [0.25, 0.3) is 10.1 Å². The van der Waals surface area contributed by atoms with Crippen LogP contribution in [0.15, 0.2) is 23.1 Å². The minimum Gasteiger partial charge on any atom is -0.426 e. The Morgan fingerprint density at radius 2 is 2.00 bits per heavy atom. The third kappa shape index (κ3) is 3.03. The zero-order valence-electron chi connectivity index (χ0n) is 8.22. The lowest BCUT2D eigenvalue weighted by atomic mass is 10.2. The van der Waals surface area contributed by atoms with Crippen LogP contribution in [-0.2, 0) is 14.9 Å². The predicted octanol–water partition coefficient (Wildman–Crippen LogP) is 1.17. The molecule has 0 aliphatic carbocycles. The molecule has 0 atom stereocenters. The summed E-state index contributed by atoms with van der Waals surface area (Å²) in [6.45, 7) is 2.82. The van der Waals surface area contributed by atoms with E-state index in [4.69, 9.17) is 9.29 Å². The van der Waals surface area contributed by atoms with Gasteiger partial charge >= 0.3 is 5.97 Å². The molecule has 0 aliphatic heterocycles. The van der Waals surface area contributed by atoms with E-state index in [-0.39, 0.29) is 10.6 Å². The van der Waals surface area contributed by atoms with E-state index in [0.717, 1.165) is 0 Å². The van der Waals surface area contributed by atoms with E-state index in [1.807, 2.05) is 0 Å². The van der Waals surface area contributed by atoms with Crippen LogP contribution in [0, 0.1) is 6.92 Å². The van der Waals surface area contributed by atoms with Crippen molar-refractivity contribution in [2.45, 2.75) is 18.7 Å². The van der Waals surface area contributed by atoms with Crippen LogP contribution in [0.2, 0.25) is 0 Å². The summed E-state index contributed by atoms with van der Waals surface area (Å²) < 4.78 is 35.1. The third-order valence-corrected chi connectivity index (χ3v) is 2.55. The molecular formula is C9H10O5S. The van der Waals surface area contributed by atoms with Crippen LogP contribution in [0.5, 0.6) is 5.75 Å². The van der Waals surface area contributed by atoms with Crippen molar-refractivity contribution in [3.8, 4) is 5.75 Å². The Bertz CT molecular complexity index is 489. The van der Waals surface area contributed by atoms with Crippen molar-refractivity contribution in [3.05, 3.63) is 23.8 Å². The van der Waals surface area contributed by atoms with Gasteiger partial charge < -0.3 is 4.74 Å². The Hall–Kier alpha value is -1.40. The molecule has 1 aromatic carbocycles. The average molecular weight is 230 g/mol. The van der Waals surface area contributed by atoms with Gasteiger partial charge in [-0.05, 0) is 30.7 Å². The van der Waals surface area contributed by atoms with Crippen molar-refractivity contribution >= 4 is 16.1 Å². The molecule has 0 radical (unpaired) electrons. The quantitative estimate of drug-likeness (QED) is 0.468. The largest absolute Gasteiger partial charge is 0.426 e. The maximum absolute atomic E-state index is 10.8. The number of rotatable bonds is 2. The maximum atomic E-state index is 10.8. The smallest absolute Gasteiger partial charge is 0.308 e. The van der Waals surface area contributed by atoms with Gasteiger partial charge in [-0.25, -0.2) is 0 Å². The highest BCUT2D eigenvalue weighted by Gasteiger charge is 2.12. The van der Waals surface area contributed by atoms with E-state index in [2.05, 4.69) is 0 Å². The molecule has 6 heteroatoms. The molecule has 0 aliphatic rings. The summed E-state index contributed by atoms with van der Waals surface area (Å²) in [5.74, 6) is -0.215. The molecule has 0 heterocycles. The number of hydrogen-bond donors (Lipinski definition) is 1. The lowest BCUT2D eigenvalue weighted by Gasteiger charge is -2.06. The summed E-state index contributed by atoms with van der Waals surface area (Å²) in [4.78, 5) is 10.4. The molecule has 0 spiro atoms. The highest BCUT2D eigenvalue weighted by molar-refractivity contribution is 7.85. The SMILES string of the molecule is CC(=O)Oc1ccc(S(=O)(=O)O)cc1C. The second-order valence-electron chi connectivity index (χ2n) is 3.00. The van der Waals surface area contributed by atoms with Gasteiger partial charge in [0.1, 0.15) is 5.75 Å². The minimum atomic E-state index is -4.21. The van der Waals surface area contributed by atoms with Crippen LogP contribution in [-0.4, -0.2) is 18.9 Å². The Kier molecular flexibility index (Phi) is 3.11. The molecule has 0 aromatic heterocycles. The molecule has 1 N–H and O–H groups in total. The highest BCUT2D eigenvalue weighted by atomic mass is 32.2. The summed E-state index contributed by atoms with van der Waals surface area (Å²) in [6.07, 6.45) is 0. The summed E-state index contributed by atoms with van der Waals surface area (Å²) in [6, 6.07) is 3.72. The topological polar surface area (TPSA) is 80.7 Å². The molecule has 0 bridgehead atoms. The van der Waals surface area contributed by atoms with Crippen LogP contribution in [0.4, 0.5) is 0 Å². The normalized spacial score (nSPS) is 11.1.